The predicted octanol–water partition coefficient (Wildman–Crippen LogP) is 2.17. The first-order valence-corrected chi connectivity index (χ1v) is 8.88. The van der Waals surface area contributed by atoms with Gasteiger partial charge in [0, 0.05) is 61.8 Å². The van der Waals surface area contributed by atoms with Gasteiger partial charge in [0.15, 0.2) is 0 Å². The van der Waals surface area contributed by atoms with Crippen molar-refractivity contribution in [1.29, 1.82) is 0 Å². The second-order valence-corrected chi connectivity index (χ2v) is 6.96. The maximum atomic E-state index is 12.6. The topological polar surface area (TPSA) is 79.7 Å². The zero-order chi connectivity index (χ0) is 18.1. The van der Waals surface area contributed by atoms with Gasteiger partial charge in [-0.2, -0.15) is 5.10 Å². The van der Waals surface area contributed by atoms with E-state index in [9.17, 15) is 4.79 Å². The molecule has 1 N–H and O–H groups in total. The molecule has 3 aromatic rings. The van der Waals surface area contributed by atoms with Crippen molar-refractivity contribution in [3.63, 3.8) is 0 Å². The van der Waals surface area contributed by atoms with Gasteiger partial charge in [-0.05, 0) is 26.0 Å². The number of rotatable bonds is 4. The van der Waals surface area contributed by atoms with Crippen LogP contribution in [0.2, 0.25) is 0 Å². The van der Waals surface area contributed by atoms with Gasteiger partial charge in [-0.3, -0.25) is 19.4 Å². The van der Waals surface area contributed by atoms with Crippen molar-refractivity contribution in [2.24, 2.45) is 0 Å². The van der Waals surface area contributed by atoms with Gasteiger partial charge < -0.3 is 4.98 Å². The Balaban J connectivity index is 1.54. The van der Waals surface area contributed by atoms with Crippen LogP contribution in [-0.4, -0.2) is 36.2 Å². The molecule has 0 spiro atoms. The van der Waals surface area contributed by atoms with Gasteiger partial charge in [0.2, 0.25) is 0 Å². The van der Waals surface area contributed by atoms with Crippen LogP contribution in [0.25, 0.3) is 11.4 Å². The number of aromatic nitrogens is 5. The molecule has 0 aliphatic carbocycles. The van der Waals surface area contributed by atoms with Crippen molar-refractivity contribution in [1.82, 2.24) is 29.6 Å². The van der Waals surface area contributed by atoms with Crippen LogP contribution in [0, 0.1) is 0 Å². The Morgan fingerprint density at radius 3 is 2.81 bits per heavy atom. The van der Waals surface area contributed by atoms with E-state index in [0.29, 0.717) is 18.4 Å². The summed E-state index contributed by atoms with van der Waals surface area (Å²) in [6.45, 7) is 6.50. The van der Waals surface area contributed by atoms with Crippen LogP contribution in [0.4, 0.5) is 0 Å². The highest BCUT2D eigenvalue weighted by Gasteiger charge is 2.22. The van der Waals surface area contributed by atoms with Crippen LogP contribution >= 0.6 is 0 Å². The SMILES string of the molecule is CC(C)n1cc(CN2CCc3nc(-c4ccncc4)[nH]c(=O)c3C2)cn1. The van der Waals surface area contributed by atoms with Gasteiger partial charge in [-0.15, -0.1) is 0 Å². The molecule has 0 unspecified atom stereocenters. The molecule has 0 aromatic carbocycles. The quantitative estimate of drug-likeness (QED) is 0.780. The Morgan fingerprint density at radius 2 is 2.08 bits per heavy atom. The number of pyridine rings is 1. The minimum atomic E-state index is -0.0515. The molecule has 1 aliphatic heterocycles. The summed E-state index contributed by atoms with van der Waals surface area (Å²) in [6, 6.07) is 4.06. The van der Waals surface area contributed by atoms with Crippen molar-refractivity contribution in [3.05, 3.63) is 64.1 Å². The summed E-state index contributed by atoms with van der Waals surface area (Å²) in [5.41, 5.74) is 3.66. The maximum Gasteiger partial charge on any atom is 0.255 e. The smallest absolute Gasteiger partial charge is 0.255 e. The molecule has 7 nitrogen and oxygen atoms in total. The van der Waals surface area contributed by atoms with Gasteiger partial charge in [0.05, 0.1) is 17.5 Å². The first-order valence-electron chi connectivity index (χ1n) is 8.88. The summed E-state index contributed by atoms with van der Waals surface area (Å²) in [5.74, 6) is 0.614. The molecule has 0 fully saturated rings. The fourth-order valence-corrected chi connectivity index (χ4v) is 3.26. The molecule has 0 atom stereocenters. The van der Waals surface area contributed by atoms with Crippen molar-refractivity contribution >= 4 is 0 Å². The van der Waals surface area contributed by atoms with Gasteiger partial charge in [0.1, 0.15) is 5.82 Å². The van der Waals surface area contributed by atoms with E-state index in [0.717, 1.165) is 36.3 Å². The highest BCUT2D eigenvalue weighted by molar-refractivity contribution is 5.54. The van der Waals surface area contributed by atoms with Crippen molar-refractivity contribution in [3.8, 4) is 11.4 Å². The van der Waals surface area contributed by atoms with Gasteiger partial charge >= 0.3 is 0 Å². The van der Waals surface area contributed by atoms with E-state index in [1.165, 1.54) is 5.56 Å². The first-order chi connectivity index (χ1) is 12.6. The minimum absolute atomic E-state index is 0.0515. The van der Waals surface area contributed by atoms with Gasteiger partial charge in [0.25, 0.3) is 5.56 Å². The molecule has 0 radical (unpaired) electrons. The molecule has 134 valence electrons. The van der Waals surface area contributed by atoms with Crippen LogP contribution in [0.3, 0.4) is 0 Å². The zero-order valence-electron chi connectivity index (χ0n) is 15.0. The molecule has 0 saturated carbocycles. The number of hydrogen-bond acceptors (Lipinski definition) is 5. The molecule has 3 aromatic heterocycles. The van der Waals surface area contributed by atoms with E-state index in [2.05, 4.69) is 45.0 Å². The Hall–Kier alpha value is -2.80. The Labute approximate surface area is 151 Å². The standard InChI is InChI=1S/C19H22N6O/c1-13(2)25-11-14(9-21-25)10-24-8-5-17-16(12-24)19(26)23-18(22-17)15-3-6-20-7-4-15/h3-4,6-7,9,11,13H,5,8,10,12H2,1-2H3,(H,22,23,26). The highest BCUT2D eigenvalue weighted by Crippen LogP contribution is 2.19. The van der Waals surface area contributed by atoms with E-state index in [1.54, 1.807) is 12.4 Å². The average Bonchev–Trinajstić information content (AvgIpc) is 3.12. The number of fused-ring (bicyclic) bond motifs is 1. The molecule has 0 bridgehead atoms. The maximum absolute atomic E-state index is 12.6. The highest BCUT2D eigenvalue weighted by atomic mass is 16.1. The van der Waals surface area contributed by atoms with E-state index in [1.807, 2.05) is 23.0 Å². The van der Waals surface area contributed by atoms with Gasteiger partial charge in [-0.25, -0.2) is 4.98 Å². The van der Waals surface area contributed by atoms with Crippen LogP contribution in [0.1, 0.15) is 36.7 Å². The van der Waals surface area contributed by atoms with E-state index < -0.39 is 0 Å². The Kier molecular flexibility index (Phi) is 4.38. The predicted molar refractivity (Wildman–Crippen MR) is 98.5 cm³/mol. The monoisotopic (exact) mass is 350 g/mol. The van der Waals surface area contributed by atoms with Crippen molar-refractivity contribution in [2.45, 2.75) is 39.4 Å². The zero-order valence-corrected chi connectivity index (χ0v) is 15.0. The van der Waals surface area contributed by atoms with Crippen molar-refractivity contribution < 1.29 is 0 Å². The molecule has 0 amide bonds. The van der Waals surface area contributed by atoms with Crippen LogP contribution in [0.5, 0.6) is 0 Å². The van der Waals surface area contributed by atoms with Crippen LogP contribution in [0.15, 0.2) is 41.7 Å². The third-order valence-corrected chi connectivity index (χ3v) is 4.69. The third kappa shape index (κ3) is 3.30. The number of nitrogens with zero attached hydrogens (tertiary/aromatic N) is 5. The molecule has 26 heavy (non-hydrogen) atoms. The van der Waals surface area contributed by atoms with Crippen LogP contribution < -0.4 is 5.56 Å². The molecular formula is C19H22N6O. The molecule has 4 heterocycles. The lowest BCUT2D eigenvalue weighted by Crippen LogP contribution is -2.35. The minimum Gasteiger partial charge on any atom is -0.306 e. The third-order valence-electron chi connectivity index (χ3n) is 4.69. The fourth-order valence-electron chi connectivity index (χ4n) is 3.26. The molecular weight excluding hydrogens is 328 g/mol. The number of H-pyrrole nitrogens is 1. The number of aromatic amines is 1. The largest absolute Gasteiger partial charge is 0.306 e. The Bertz CT molecular complexity index is 960. The lowest BCUT2D eigenvalue weighted by Gasteiger charge is -2.27. The number of hydrogen-bond donors (Lipinski definition) is 1. The van der Waals surface area contributed by atoms with E-state index in [4.69, 9.17) is 0 Å². The summed E-state index contributed by atoms with van der Waals surface area (Å²) >= 11 is 0. The van der Waals surface area contributed by atoms with Gasteiger partial charge in [-0.1, -0.05) is 0 Å². The summed E-state index contributed by atoms with van der Waals surface area (Å²) < 4.78 is 1.96. The molecule has 0 saturated heterocycles. The second kappa shape index (κ2) is 6.84. The fraction of sp³-hybridized carbons (Fsp3) is 0.368. The number of nitrogens with one attached hydrogen (secondary N) is 1. The molecule has 7 heteroatoms. The summed E-state index contributed by atoms with van der Waals surface area (Å²) in [4.78, 5) is 26.5. The van der Waals surface area contributed by atoms with Crippen molar-refractivity contribution in [2.75, 3.05) is 6.54 Å². The molecule has 4 rings (SSSR count). The average molecular weight is 350 g/mol. The lowest BCUT2D eigenvalue weighted by atomic mass is 10.1. The van der Waals surface area contributed by atoms with Crippen LogP contribution in [-0.2, 0) is 19.5 Å². The first kappa shape index (κ1) is 16.7. The molecule has 1 aliphatic rings. The summed E-state index contributed by atoms with van der Waals surface area (Å²) in [7, 11) is 0. The second-order valence-electron chi connectivity index (χ2n) is 6.96. The Morgan fingerprint density at radius 1 is 1.27 bits per heavy atom. The lowest BCUT2D eigenvalue weighted by molar-refractivity contribution is 0.241. The summed E-state index contributed by atoms with van der Waals surface area (Å²) in [5, 5.41) is 4.39. The van der Waals surface area contributed by atoms with E-state index in [-0.39, 0.29) is 5.56 Å². The summed E-state index contributed by atoms with van der Waals surface area (Å²) in [6.07, 6.45) is 8.16. The van der Waals surface area contributed by atoms with E-state index >= 15 is 0 Å². The normalized spacial score (nSPS) is 14.6.